The standard InChI is InChI=1S/C14H23N3O4S/c1-11(18)22(19,20)14-10-12(15)2-3-13(14)16-4-5-17-6-8-21-9-7-17/h2-3,10-11,16,18H,4-9,15H2,1H3. The number of nitrogens with zero attached hydrogens (tertiary/aromatic N) is 1. The van der Waals surface area contributed by atoms with Gasteiger partial charge in [-0.25, -0.2) is 8.42 Å². The minimum Gasteiger partial charge on any atom is -0.399 e. The van der Waals surface area contributed by atoms with Gasteiger partial charge in [0.1, 0.15) is 0 Å². The summed E-state index contributed by atoms with van der Waals surface area (Å²) >= 11 is 0. The summed E-state index contributed by atoms with van der Waals surface area (Å²) in [6, 6.07) is 4.64. The molecule has 1 saturated heterocycles. The zero-order valence-electron chi connectivity index (χ0n) is 12.7. The van der Waals surface area contributed by atoms with E-state index in [0.717, 1.165) is 32.8 Å². The van der Waals surface area contributed by atoms with Crippen molar-refractivity contribution in [2.45, 2.75) is 17.3 Å². The molecule has 0 saturated carbocycles. The van der Waals surface area contributed by atoms with Gasteiger partial charge in [-0.05, 0) is 25.1 Å². The molecule has 4 N–H and O–H groups in total. The second-order valence-corrected chi connectivity index (χ2v) is 7.49. The third kappa shape index (κ3) is 4.10. The number of rotatable bonds is 6. The van der Waals surface area contributed by atoms with E-state index < -0.39 is 15.3 Å². The van der Waals surface area contributed by atoms with Gasteiger partial charge in [0.15, 0.2) is 5.44 Å². The zero-order valence-corrected chi connectivity index (χ0v) is 13.5. The van der Waals surface area contributed by atoms with Crippen LogP contribution in [0.25, 0.3) is 0 Å². The van der Waals surface area contributed by atoms with Crippen LogP contribution in [0.3, 0.4) is 0 Å². The molecule has 1 aromatic rings. The summed E-state index contributed by atoms with van der Waals surface area (Å²) in [4.78, 5) is 2.28. The number of hydrogen-bond donors (Lipinski definition) is 3. The number of benzene rings is 1. The van der Waals surface area contributed by atoms with E-state index >= 15 is 0 Å². The number of sulfone groups is 1. The minimum atomic E-state index is -3.81. The van der Waals surface area contributed by atoms with Crippen LogP contribution in [-0.2, 0) is 14.6 Å². The molecule has 8 heteroatoms. The van der Waals surface area contributed by atoms with E-state index in [2.05, 4.69) is 10.2 Å². The van der Waals surface area contributed by atoms with Gasteiger partial charge < -0.3 is 20.9 Å². The maximum absolute atomic E-state index is 12.2. The van der Waals surface area contributed by atoms with Crippen molar-refractivity contribution in [3.05, 3.63) is 18.2 Å². The SMILES string of the molecule is CC(O)S(=O)(=O)c1cc(N)ccc1NCCN1CCOCC1. The summed E-state index contributed by atoms with van der Waals surface area (Å²) in [6.07, 6.45) is 0. The second kappa shape index (κ2) is 7.28. The Morgan fingerprint density at radius 3 is 2.73 bits per heavy atom. The van der Waals surface area contributed by atoms with Gasteiger partial charge >= 0.3 is 0 Å². The van der Waals surface area contributed by atoms with Gasteiger partial charge in [0.05, 0.1) is 23.8 Å². The van der Waals surface area contributed by atoms with Gasteiger partial charge in [0.25, 0.3) is 0 Å². The van der Waals surface area contributed by atoms with Gasteiger partial charge in [0.2, 0.25) is 9.84 Å². The average Bonchev–Trinajstić information content (AvgIpc) is 2.49. The molecule has 0 aromatic heterocycles. The lowest BCUT2D eigenvalue weighted by atomic mass is 10.3. The fraction of sp³-hybridized carbons (Fsp3) is 0.571. The fourth-order valence-electron chi connectivity index (χ4n) is 2.28. The second-order valence-electron chi connectivity index (χ2n) is 5.28. The van der Waals surface area contributed by atoms with Crippen LogP contribution >= 0.6 is 0 Å². The molecular weight excluding hydrogens is 306 g/mol. The van der Waals surface area contributed by atoms with Crippen LogP contribution in [-0.4, -0.2) is 63.3 Å². The smallest absolute Gasteiger partial charge is 0.206 e. The van der Waals surface area contributed by atoms with Crippen molar-refractivity contribution in [3.63, 3.8) is 0 Å². The molecule has 1 aliphatic rings. The van der Waals surface area contributed by atoms with Gasteiger partial charge in [-0.3, -0.25) is 4.90 Å². The number of nitrogens with two attached hydrogens (primary N) is 1. The topological polar surface area (TPSA) is 105 Å². The Bertz CT molecular complexity index is 598. The van der Waals surface area contributed by atoms with Gasteiger partial charge in [-0.1, -0.05) is 0 Å². The molecule has 1 unspecified atom stereocenters. The first-order valence-electron chi connectivity index (χ1n) is 7.27. The Balaban J connectivity index is 2.07. The lowest BCUT2D eigenvalue weighted by Gasteiger charge is -2.26. The van der Waals surface area contributed by atoms with E-state index in [1.54, 1.807) is 12.1 Å². The molecule has 1 fully saturated rings. The van der Waals surface area contributed by atoms with Crippen LogP contribution in [0.2, 0.25) is 0 Å². The van der Waals surface area contributed by atoms with Crippen molar-refractivity contribution in [1.82, 2.24) is 4.90 Å². The molecule has 1 atom stereocenters. The summed E-state index contributed by atoms with van der Waals surface area (Å²) in [5.41, 5.74) is 5.00. The molecule has 22 heavy (non-hydrogen) atoms. The summed E-state index contributed by atoms with van der Waals surface area (Å²) in [5, 5.41) is 12.6. The maximum atomic E-state index is 12.2. The van der Waals surface area contributed by atoms with Crippen LogP contribution < -0.4 is 11.1 Å². The first-order valence-corrected chi connectivity index (χ1v) is 8.81. The van der Waals surface area contributed by atoms with Crippen LogP contribution in [0, 0.1) is 0 Å². The number of morpholine rings is 1. The number of ether oxygens (including phenoxy) is 1. The van der Waals surface area contributed by atoms with Crippen molar-refractivity contribution in [2.24, 2.45) is 0 Å². The monoisotopic (exact) mass is 329 g/mol. The Morgan fingerprint density at radius 1 is 1.41 bits per heavy atom. The molecule has 0 amide bonds. The molecule has 7 nitrogen and oxygen atoms in total. The van der Waals surface area contributed by atoms with Crippen LogP contribution in [0.4, 0.5) is 11.4 Å². The fourth-order valence-corrected chi connectivity index (χ4v) is 3.39. The molecule has 1 aromatic carbocycles. The molecule has 0 bridgehead atoms. The van der Waals surface area contributed by atoms with E-state index in [0.29, 0.717) is 17.9 Å². The molecule has 124 valence electrons. The van der Waals surface area contributed by atoms with Crippen molar-refractivity contribution < 1.29 is 18.3 Å². The predicted octanol–water partition coefficient (Wildman–Crippen LogP) is 0.125. The molecule has 0 radical (unpaired) electrons. The number of anilines is 2. The highest BCUT2D eigenvalue weighted by Gasteiger charge is 2.24. The van der Waals surface area contributed by atoms with E-state index in [4.69, 9.17) is 10.5 Å². The van der Waals surface area contributed by atoms with Gasteiger partial charge in [-0.2, -0.15) is 0 Å². The third-order valence-corrected chi connectivity index (χ3v) is 5.46. The number of aliphatic hydroxyl groups is 1. The van der Waals surface area contributed by atoms with Crippen LogP contribution in [0.1, 0.15) is 6.92 Å². The van der Waals surface area contributed by atoms with E-state index in [1.165, 1.54) is 13.0 Å². The molecule has 0 aliphatic carbocycles. The number of nitrogens with one attached hydrogen (secondary N) is 1. The largest absolute Gasteiger partial charge is 0.399 e. The van der Waals surface area contributed by atoms with Crippen molar-refractivity contribution in [2.75, 3.05) is 50.4 Å². The van der Waals surface area contributed by atoms with E-state index in [-0.39, 0.29) is 4.90 Å². The Labute approximate surface area is 131 Å². The number of nitrogen functional groups attached to an aromatic ring is 1. The Kier molecular flexibility index (Phi) is 5.63. The Hall–Kier alpha value is -1.35. The summed E-state index contributed by atoms with van der Waals surface area (Å²) < 4.78 is 29.7. The predicted molar refractivity (Wildman–Crippen MR) is 85.5 cm³/mol. The quantitative estimate of drug-likeness (QED) is 0.637. The highest BCUT2D eigenvalue weighted by Crippen LogP contribution is 2.26. The third-order valence-electron chi connectivity index (χ3n) is 3.61. The lowest BCUT2D eigenvalue weighted by Crippen LogP contribution is -2.39. The highest BCUT2D eigenvalue weighted by atomic mass is 32.2. The lowest BCUT2D eigenvalue weighted by molar-refractivity contribution is 0.0398. The van der Waals surface area contributed by atoms with Crippen LogP contribution in [0.5, 0.6) is 0 Å². The van der Waals surface area contributed by atoms with Crippen LogP contribution in [0.15, 0.2) is 23.1 Å². The average molecular weight is 329 g/mol. The first-order chi connectivity index (χ1) is 10.4. The van der Waals surface area contributed by atoms with E-state index in [1.807, 2.05) is 0 Å². The highest BCUT2D eigenvalue weighted by molar-refractivity contribution is 7.92. The first kappa shape index (κ1) is 17.0. The minimum absolute atomic E-state index is 0.0319. The van der Waals surface area contributed by atoms with E-state index in [9.17, 15) is 13.5 Å². The molecular formula is C14H23N3O4S. The van der Waals surface area contributed by atoms with Crippen molar-refractivity contribution >= 4 is 21.2 Å². The molecule has 2 rings (SSSR count). The summed E-state index contributed by atoms with van der Waals surface area (Å²) in [5.74, 6) is 0. The number of hydrogen-bond acceptors (Lipinski definition) is 7. The van der Waals surface area contributed by atoms with Gasteiger partial charge in [-0.15, -0.1) is 0 Å². The zero-order chi connectivity index (χ0) is 16.2. The molecule has 1 aliphatic heterocycles. The van der Waals surface area contributed by atoms with Crippen molar-refractivity contribution in [1.29, 1.82) is 0 Å². The Morgan fingerprint density at radius 2 is 2.09 bits per heavy atom. The van der Waals surface area contributed by atoms with Gasteiger partial charge in [0, 0.05) is 31.9 Å². The van der Waals surface area contributed by atoms with Crippen molar-refractivity contribution in [3.8, 4) is 0 Å². The maximum Gasteiger partial charge on any atom is 0.206 e. The normalized spacial score (nSPS) is 18.1. The summed E-state index contributed by atoms with van der Waals surface area (Å²) in [6.45, 7) is 5.84. The molecule has 0 spiro atoms. The summed E-state index contributed by atoms with van der Waals surface area (Å²) in [7, 11) is -3.81. The molecule has 1 heterocycles. The number of aliphatic hydroxyl groups excluding tert-OH is 1.